The van der Waals surface area contributed by atoms with E-state index in [9.17, 15) is 4.79 Å². The van der Waals surface area contributed by atoms with Crippen LogP contribution >= 0.6 is 0 Å². The number of hydrogen-bond donors (Lipinski definition) is 1. The van der Waals surface area contributed by atoms with Crippen LogP contribution in [0, 0.1) is 13.8 Å². The Morgan fingerprint density at radius 1 is 1.15 bits per heavy atom. The van der Waals surface area contributed by atoms with Crippen LogP contribution in [-0.4, -0.2) is 12.3 Å². The molecule has 0 aliphatic heterocycles. The van der Waals surface area contributed by atoms with Gasteiger partial charge in [-0.25, -0.2) is 0 Å². The van der Waals surface area contributed by atoms with E-state index >= 15 is 0 Å². The second-order valence-corrected chi connectivity index (χ2v) is 5.41. The normalized spacial score (nSPS) is 12.2. The van der Waals surface area contributed by atoms with Crippen molar-refractivity contribution in [1.82, 2.24) is 0 Å². The third-order valence-electron chi connectivity index (χ3n) is 3.70. The summed E-state index contributed by atoms with van der Waals surface area (Å²) in [4.78, 5) is 12.6. The molecule has 0 amide bonds. The summed E-state index contributed by atoms with van der Waals surface area (Å²) in [5, 5.41) is 0. The monoisotopic (exact) mass is 267 g/mol. The van der Waals surface area contributed by atoms with Gasteiger partial charge in [-0.15, -0.1) is 0 Å². The van der Waals surface area contributed by atoms with E-state index in [1.807, 2.05) is 56.3 Å². The minimum absolute atomic E-state index is 0.0774. The van der Waals surface area contributed by atoms with Gasteiger partial charge in [-0.05, 0) is 43.5 Å². The van der Waals surface area contributed by atoms with Crippen LogP contribution in [0.1, 0.15) is 45.5 Å². The highest BCUT2D eigenvalue weighted by atomic mass is 16.1. The number of carbonyl (C=O) groups is 1. The standard InChI is InChI=1S/C18H21NO/c1-12-7-8-17(13(2)9-12)18(20)16-6-4-5-15(10-16)14(3)11-19/h4-10,14H,11,19H2,1-3H3. The van der Waals surface area contributed by atoms with Crippen molar-refractivity contribution in [2.75, 3.05) is 6.54 Å². The van der Waals surface area contributed by atoms with Crippen LogP contribution in [0.15, 0.2) is 42.5 Å². The molecule has 2 aromatic carbocycles. The fourth-order valence-corrected chi connectivity index (χ4v) is 2.35. The van der Waals surface area contributed by atoms with Crippen LogP contribution in [0.3, 0.4) is 0 Å². The first kappa shape index (κ1) is 14.5. The molecule has 0 aliphatic rings. The molecular formula is C18H21NO. The van der Waals surface area contributed by atoms with Gasteiger partial charge in [0.25, 0.3) is 0 Å². The van der Waals surface area contributed by atoms with Crippen molar-refractivity contribution >= 4 is 5.78 Å². The predicted molar refractivity (Wildman–Crippen MR) is 83.3 cm³/mol. The van der Waals surface area contributed by atoms with Gasteiger partial charge >= 0.3 is 0 Å². The highest BCUT2D eigenvalue weighted by Gasteiger charge is 2.13. The van der Waals surface area contributed by atoms with Crippen molar-refractivity contribution in [3.63, 3.8) is 0 Å². The minimum atomic E-state index is 0.0774. The third-order valence-corrected chi connectivity index (χ3v) is 3.70. The van der Waals surface area contributed by atoms with Crippen LogP contribution in [0.25, 0.3) is 0 Å². The summed E-state index contributed by atoms with van der Waals surface area (Å²) in [5.74, 6) is 0.343. The summed E-state index contributed by atoms with van der Waals surface area (Å²) in [6.07, 6.45) is 0. The molecule has 0 aromatic heterocycles. The van der Waals surface area contributed by atoms with Gasteiger partial charge in [-0.2, -0.15) is 0 Å². The van der Waals surface area contributed by atoms with E-state index in [1.165, 1.54) is 5.56 Å². The first-order chi connectivity index (χ1) is 9.52. The topological polar surface area (TPSA) is 43.1 Å². The molecule has 0 saturated carbocycles. The lowest BCUT2D eigenvalue weighted by atomic mass is 9.94. The first-order valence-corrected chi connectivity index (χ1v) is 6.95. The van der Waals surface area contributed by atoms with Crippen LogP contribution in [0.2, 0.25) is 0 Å². The highest BCUT2D eigenvalue weighted by molar-refractivity contribution is 6.10. The second kappa shape index (κ2) is 6.02. The Kier molecular flexibility index (Phi) is 4.35. The molecule has 104 valence electrons. The average molecular weight is 267 g/mol. The van der Waals surface area contributed by atoms with Gasteiger partial charge in [0.1, 0.15) is 0 Å². The third kappa shape index (κ3) is 2.97. The second-order valence-electron chi connectivity index (χ2n) is 5.41. The van der Waals surface area contributed by atoms with E-state index in [2.05, 4.69) is 6.92 Å². The number of benzene rings is 2. The SMILES string of the molecule is Cc1ccc(C(=O)c2cccc(C(C)CN)c2)c(C)c1. The van der Waals surface area contributed by atoms with Gasteiger partial charge < -0.3 is 5.73 Å². The molecule has 20 heavy (non-hydrogen) atoms. The van der Waals surface area contributed by atoms with Crippen molar-refractivity contribution in [1.29, 1.82) is 0 Å². The molecule has 2 rings (SSSR count). The lowest BCUT2D eigenvalue weighted by molar-refractivity contribution is 0.103. The summed E-state index contributed by atoms with van der Waals surface area (Å²) in [6, 6.07) is 13.7. The summed E-state index contributed by atoms with van der Waals surface area (Å²) < 4.78 is 0. The first-order valence-electron chi connectivity index (χ1n) is 6.95. The van der Waals surface area contributed by atoms with Gasteiger partial charge in [0, 0.05) is 11.1 Å². The van der Waals surface area contributed by atoms with Gasteiger partial charge in [-0.1, -0.05) is 48.9 Å². The Labute approximate surface area is 120 Å². The minimum Gasteiger partial charge on any atom is -0.330 e. The zero-order valence-corrected chi connectivity index (χ0v) is 12.3. The number of nitrogens with two attached hydrogens (primary N) is 1. The van der Waals surface area contributed by atoms with Crippen LogP contribution < -0.4 is 5.73 Å². The zero-order valence-electron chi connectivity index (χ0n) is 12.3. The summed E-state index contributed by atoms with van der Waals surface area (Å²) in [5.41, 5.74) is 10.5. The van der Waals surface area contributed by atoms with Gasteiger partial charge in [0.2, 0.25) is 0 Å². The number of ketones is 1. The Hall–Kier alpha value is -1.93. The van der Waals surface area contributed by atoms with Gasteiger partial charge in [0.05, 0.1) is 0 Å². The van der Waals surface area contributed by atoms with Crippen LogP contribution in [-0.2, 0) is 0 Å². The van der Waals surface area contributed by atoms with Gasteiger partial charge in [0.15, 0.2) is 5.78 Å². The number of rotatable bonds is 4. The molecule has 0 aliphatic carbocycles. The largest absolute Gasteiger partial charge is 0.330 e. The summed E-state index contributed by atoms with van der Waals surface area (Å²) in [6.45, 7) is 6.67. The van der Waals surface area contributed by atoms with Crippen molar-refractivity contribution < 1.29 is 4.79 Å². The van der Waals surface area contributed by atoms with E-state index in [4.69, 9.17) is 5.73 Å². The van der Waals surface area contributed by atoms with Gasteiger partial charge in [-0.3, -0.25) is 4.79 Å². The molecule has 0 saturated heterocycles. The summed E-state index contributed by atoms with van der Waals surface area (Å²) in [7, 11) is 0. The lowest BCUT2D eigenvalue weighted by Crippen LogP contribution is -2.10. The van der Waals surface area contributed by atoms with Crippen molar-refractivity contribution in [2.45, 2.75) is 26.7 Å². The number of aryl methyl sites for hydroxylation is 2. The maximum Gasteiger partial charge on any atom is 0.193 e. The molecular weight excluding hydrogens is 246 g/mol. The Morgan fingerprint density at radius 3 is 2.55 bits per heavy atom. The Balaban J connectivity index is 2.38. The molecule has 1 atom stereocenters. The fourth-order valence-electron chi connectivity index (χ4n) is 2.35. The van der Waals surface area contributed by atoms with Crippen LogP contribution in [0.4, 0.5) is 0 Å². The molecule has 1 unspecified atom stereocenters. The molecule has 0 radical (unpaired) electrons. The van der Waals surface area contributed by atoms with E-state index in [0.717, 1.165) is 22.3 Å². The molecule has 0 spiro atoms. The van der Waals surface area contributed by atoms with E-state index < -0.39 is 0 Å². The number of carbonyl (C=O) groups excluding carboxylic acids is 1. The van der Waals surface area contributed by atoms with Crippen molar-refractivity contribution in [3.8, 4) is 0 Å². The maximum atomic E-state index is 12.6. The highest BCUT2D eigenvalue weighted by Crippen LogP contribution is 2.20. The molecule has 2 nitrogen and oxygen atoms in total. The molecule has 2 N–H and O–H groups in total. The average Bonchev–Trinajstić information content (AvgIpc) is 2.46. The number of hydrogen-bond acceptors (Lipinski definition) is 2. The van der Waals surface area contributed by atoms with E-state index in [0.29, 0.717) is 6.54 Å². The molecule has 0 heterocycles. The quantitative estimate of drug-likeness (QED) is 0.860. The van der Waals surface area contributed by atoms with Crippen LogP contribution in [0.5, 0.6) is 0 Å². The molecule has 2 aromatic rings. The zero-order chi connectivity index (χ0) is 14.7. The Bertz CT molecular complexity index is 631. The van der Waals surface area contributed by atoms with Crippen molar-refractivity contribution in [3.05, 3.63) is 70.3 Å². The van der Waals surface area contributed by atoms with E-state index in [1.54, 1.807) is 0 Å². The fraction of sp³-hybridized carbons (Fsp3) is 0.278. The predicted octanol–water partition coefficient (Wildman–Crippen LogP) is 3.60. The molecule has 0 fully saturated rings. The molecule has 2 heteroatoms. The molecule has 0 bridgehead atoms. The maximum absolute atomic E-state index is 12.6. The van der Waals surface area contributed by atoms with E-state index in [-0.39, 0.29) is 11.7 Å². The smallest absolute Gasteiger partial charge is 0.193 e. The Morgan fingerprint density at radius 2 is 1.90 bits per heavy atom. The lowest BCUT2D eigenvalue weighted by Gasteiger charge is -2.11. The van der Waals surface area contributed by atoms with Crippen molar-refractivity contribution in [2.24, 2.45) is 5.73 Å². The summed E-state index contributed by atoms with van der Waals surface area (Å²) >= 11 is 0.